The summed E-state index contributed by atoms with van der Waals surface area (Å²) in [6.45, 7) is 3.16. The molecule has 1 amide bonds. The summed E-state index contributed by atoms with van der Waals surface area (Å²) in [4.78, 5) is 15.6. The van der Waals surface area contributed by atoms with E-state index < -0.39 is 6.04 Å². The van der Waals surface area contributed by atoms with Crippen LogP contribution in [-0.4, -0.2) is 46.9 Å². The molecule has 0 saturated carbocycles. The number of fused-ring (bicyclic) bond motifs is 1. The molecule has 1 fully saturated rings. The van der Waals surface area contributed by atoms with Crippen LogP contribution >= 0.6 is 23.2 Å². The van der Waals surface area contributed by atoms with Gasteiger partial charge in [-0.05, 0) is 25.8 Å². The normalized spacial score (nSPS) is 21.6. The molecule has 4 rings (SSSR count). The number of hydrogen-bond donors (Lipinski definition) is 1. The molecule has 8 heteroatoms. The summed E-state index contributed by atoms with van der Waals surface area (Å²) in [6, 6.07) is 6.98. The molecule has 0 aliphatic carbocycles. The first-order valence-corrected chi connectivity index (χ1v) is 10.0. The molecule has 0 spiro atoms. The van der Waals surface area contributed by atoms with Crippen LogP contribution in [0.4, 0.5) is 5.82 Å². The lowest BCUT2D eigenvalue weighted by Crippen LogP contribution is -2.42. The van der Waals surface area contributed by atoms with Crippen molar-refractivity contribution in [3.63, 3.8) is 0 Å². The lowest BCUT2D eigenvalue weighted by molar-refractivity contribution is -0.129. The third-order valence-electron chi connectivity index (χ3n) is 5.41. The fourth-order valence-corrected chi connectivity index (χ4v) is 4.54. The highest BCUT2D eigenvalue weighted by atomic mass is 35.5. The van der Waals surface area contributed by atoms with E-state index >= 15 is 0 Å². The number of anilines is 1. The van der Waals surface area contributed by atoms with Gasteiger partial charge in [-0.1, -0.05) is 35.3 Å². The number of likely N-dealkylation sites (tertiary alicyclic amines) is 1. The molecule has 0 bridgehead atoms. The zero-order chi connectivity index (χ0) is 19.8. The number of benzene rings is 1. The van der Waals surface area contributed by atoms with Crippen LogP contribution in [0.1, 0.15) is 31.4 Å². The number of nitrogens with zero attached hydrogens (tertiary/aromatic N) is 3. The molecule has 1 aromatic carbocycles. The molecule has 3 heterocycles. The first kappa shape index (κ1) is 19.3. The topological polar surface area (TPSA) is 59.4 Å². The Kier molecular flexibility index (Phi) is 5.36. The number of methoxy groups -OCH3 is 1. The van der Waals surface area contributed by atoms with Crippen molar-refractivity contribution in [2.45, 2.75) is 31.8 Å². The van der Waals surface area contributed by atoms with Gasteiger partial charge in [0.1, 0.15) is 11.9 Å². The monoisotopic (exact) mass is 420 g/mol. The van der Waals surface area contributed by atoms with Gasteiger partial charge in [0.2, 0.25) is 0 Å². The van der Waals surface area contributed by atoms with Crippen LogP contribution < -0.4 is 5.32 Å². The Morgan fingerprint density at radius 3 is 2.96 bits per heavy atom. The standard InChI is InChI=1S/C20H22Cl2N4O2/c1-12-17(20(27)25-10-4-5-13(25)11-28-2)19(26-16(24-12)8-9-23-26)14-6-3-7-15(21)18(14)22/h3,6-9,13,19,24H,4-5,10-11H2,1-2H3/t13-,19?/m0/s1. The van der Waals surface area contributed by atoms with Crippen LogP contribution in [0.5, 0.6) is 0 Å². The number of nitrogens with one attached hydrogen (secondary N) is 1. The minimum Gasteiger partial charge on any atom is -0.383 e. The van der Waals surface area contributed by atoms with Crippen molar-refractivity contribution in [2.75, 3.05) is 25.6 Å². The van der Waals surface area contributed by atoms with E-state index in [0.29, 0.717) is 28.8 Å². The number of amides is 1. The molecule has 148 valence electrons. The van der Waals surface area contributed by atoms with Crippen LogP contribution in [0, 0.1) is 0 Å². The lowest BCUT2D eigenvalue weighted by Gasteiger charge is -2.34. The van der Waals surface area contributed by atoms with E-state index in [0.717, 1.165) is 29.9 Å². The Balaban J connectivity index is 1.82. The molecular weight excluding hydrogens is 399 g/mol. The van der Waals surface area contributed by atoms with Crippen molar-refractivity contribution in [3.8, 4) is 0 Å². The van der Waals surface area contributed by atoms with Crippen molar-refractivity contribution in [1.82, 2.24) is 14.7 Å². The van der Waals surface area contributed by atoms with Gasteiger partial charge >= 0.3 is 0 Å². The largest absolute Gasteiger partial charge is 0.383 e. The van der Waals surface area contributed by atoms with E-state index in [4.69, 9.17) is 27.9 Å². The second kappa shape index (κ2) is 7.78. The van der Waals surface area contributed by atoms with E-state index in [2.05, 4.69) is 10.4 Å². The minimum atomic E-state index is -0.450. The Morgan fingerprint density at radius 2 is 2.18 bits per heavy atom. The molecular formula is C20H22Cl2N4O2. The molecule has 1 N–H and O–H groups in total. The highest BCUT2D eigenvalue weighted by molar-refractivity contribution is 6.42. The van der Waals surface area contributed by atoms with Crippen LogP contribution in [0.25, 0.3) is 0 Å². The maximum absolute atomic E-state index is 13.7. The molecule has 1 aromatic heterocycles. The van der Waals surface area contributed by atoms with Gasteiger partial charge in [-0.3, -0.25) is 4.79 Å². The Bertz CT molecular complexity index is 940. The number of carbonyl (C=O) groups is 1. The summed E-state index contributed by atoms with van der Waals surface area (Å²) in [5.74, 6) is 0.789. The fourth-order valence-electron chi connectivity index (χ4n) is 4.13. The number of hydrogen-bond acceptors (Lipinski definition) is 4. The maximum atomic E-state index is 13.7. The zero-order valence-corrected chi connectivity index (χ0v) is 17.3. The summed E-state index contributed by atoms with van der Waals surface area (Å²) in [5, 5.41) is 8.65. The van der Waals surface area contributed by atoms with Gasteiger partial charge in [0.15, 0.2) is 0 Å². The predicted molar refractivity (Wildman–Crippen MR) is 110 cm³/mol. The van der Waals surface area contributed by atoms with Crippen LogP contribution in [-0.2, 0) is 9.53 Å². The highest BCUT2D eigenvalue weighted by Gasteiger charge is 2.39. The molecule has 6 nitrogen and oxygen atoms in total. The zero-order valence-electron chi connectivity index (χ0n) is 15.8. The number of carbonyl (C=O) groups excluding carboxylic acids is 1. The van der Waals surface area contributed by atoms with Crippen molar-refractivity contribution in [1.29, 1.82) is 0 Å². The van der Waals surface area contributed by atoms with E-state index in [9.17, 15) is 4.79 Å². The number of ether oxygens (including phenoxy) is 1. The molecule has 1 saturated heterocycles. The molecule has 28 heavy (non-hydrogen) atoms. The highest BCUT2D eigenvalue weighted by Crippen LogP contribution is 2.41. The van der Waals surface area contributed by atoms with Gasteiger partial charge in [0, 0.05) is 31.0 Å². The number of aromatic nitrogens is 2. The summed E-state index contributed by atoms with van der Waals surface area (Å²) in [6.07, 6.45) is 3.61. The average molecular weight is 421 g/mol. The number of halogens is 2. The van der Waals surface area contributed by atoms with Crippen molar-refractivity contribution in [3.05, 3.63) is 57.3 Å². The van der Waals surface area contributed by atoms with E-state index in [-0.39, 0.29) is 11.9 Å². The van der Waals surface area contributed by atoms with Gasteiger partial charge in [-0.15, -0.1) is 0 Å². The van der Waals surface area contributed by atoms with Crippen LogP contribution in [0.3, 0.4) is 0 Å². The van der Waals surface area contributed by atoms with Crippen LogP contribution in [0.2, 0.25) is 10.0 Å². The average Bonchev–Trinajstić information content (AvgIpc) is 3.32. The summed E-state index contributed by atoms with van der Waals surface area (Å²) >= 11 is 12.8. The van der Waals surface area contributed by atoms with Gasteiger partial charge in [0.25, 0.3) is 5.91 Å². The van der Waals surface area contributed by atoms with Gasteiger partial charge in [-0.25, -0.2) is 4.68 Å². The van der Waals surface area contributed by atoms with Crippen molar-refractivity contribution >= 4 is 34.9 Å². The third kappa shape index (κ3) is 3.19. The fraction of sp³-hybridized carbons (Fsp3) is 0.400. The second-order valence-corrected chi connectivity index (χ2v) is 7.91. The predicted octanol–water partition coefficient (Wildman–Crippen LogP) is 4.12. The Labute approximate surface area is 174 Å². The lowest BCUT2D eigenvalue weighted by atomic mass is 9.94. The van der Waals surface area contributed by atoms with Crippen molar-refractivity contribution in [2.24, 2.45) is 0 Å². The van der Waals surface area contributed by atoms with Gasteiger partial charge < -0.3 is 15.0 Å². The third-order valence-corrected chi connectivity index (χ3v) is 6.24. The van der Waals surface area contributed by atoms with Crippen LogP contribution in [0.15, 0.2) is 41.7 Å². The van der Waals surface area contributed by atoms with E-state index in [1.54, 1.807) is 24.1 Å². The number of rotatable bonds is 4. The summed E-state index contributed by atoms with van der Waals surface area (Å²) < 4.78 is 7.12. The first-order chi connectivity index (χ1) is 13.5. The quantitative estimate of drug-likeness (QED) is 0.807. The van der Waals surface area contributed by atoms with Crippen molar-refractivity contribution < 1.29 is 9.53 Å². The molecule has 2 atom stereocenters. The second-order valence-electron chi connectivity index (χ2n) is 7.12. The maximum Gasteiger partial charge on any atom is 0.254 e. The SMILES string of the molecule is COC[C@@H]1CCCN1C(=O)C1=C(C)Nc2ccnn2C1c1cccc(Cl)c1Cl. The molecule has 2 aliphatic rings. The number of allylic oxidation sites excluding steroid dienone is 1. The molecule has 1 unspecified atom stereocenters. The Hall–Kier alpha value is -2.02. The van der Waals surface area contributed by atoms with Gasteiger partial charge in [0.05, 0.1) is 34.5 Å². The van der Waals surface area contributed by atoms with E-state index in [1.165, 1.54) is 0 Å². The minimum absolute atomic E-state index is 0.0215. The molecule has 0 radical (unpaired) electrons. The molecule has 2 aliphatic heterocycles. The molecule has 2 aromatic rings. The van der Waals surface area contributed by atoms with E-state index in [1.807, 2.05) is 30.0 Å². The van der Waals surface area contributed by atoms with Gasteiger partial charge in [-0.2, -0.15) is 5.10 Å². The first-order valence-electron chi connectivity index (χ1n) is 9.28. The Morgan fingerprint density at radius 1 is 1.36 bits per heavy atom. The smallest absolute Gasteiger partial charge is 0.254 e. The summed E-state index contributed by atoms with van der Waals surface area (Å²) in [5.41, 5.74) is 2.18. The summed E-state index contributed by atoms with van der Waals surface area (Å²) in [7, 11) is 1.66.